The summed E-state index contributed by atoms with van der Waals surface area (Å²) < 4.78 is 38.6. The molecule has 0 spiro atoms. The van der Waals surface area contributed by atoms with Gasteiger partial charge < -0.3 is 15.5 Å². The lowest BCUT2D eigenvalue weighted by Gasteiger charge is -2.41. The number of nitrogens with one attached hydrogen (secondary N) is 1. The first-order valence-corrected chi connectivity index (χ1v) is 11.5. The zero-order chi connectivity index (χ0) is 24.0. The van der Waals surface area contributed by atoms with E-state index in [1.165, 1.54) is 12.1 Å². The Bertz CT molecular complexity index is 1030. The van der Waals surface area contributed by atoms with Crippen molar-refractivity contribution in [2.45, 2.75) is 68.9 Å². The maximum absolute atomic E-state index is 13.3. The number of nitrogens with zero attached hydrogens (tertiary/aromatic N) is 5. The molecule has 4 atom stereocenters. The van der Waals surface area contributed by atoms with E-state index in [1.807, 2.05) is 0 Å². The van der Waals surface area contributed by atoms with E-state index in [9.17, 15) is 22.8 Å². The number of fused-ring (bicyclic) bond motifs is 2. The Morgan fingerprint density at radius 2 is 1.76 bits per heavy atom. The van der Waals surface area contributed by atoms with Gasteiger partial charge in [0.2, 0.25) is 5.91 Å². The monoisotopic (exact) mass is 477 g/mol. The predicted molar refractivity (Wildman–Crippen MR) is 113 cm³/mol. The van der Waals surface area contributed by atoms with Crippen LogP contribution in [0.2, 0.25) is 0 Å². The lowest BCUT2D eigenvalue weighted by molar-refractivity contribution is -0.137. The number of aromatic nitrogens is 4. The Hall–Kier alpha value is -3.02. The SMILES string of the molecule is N[C@H](C(=O)N1CCC[C@H]1c1nn[nH]n1)C1C[C@@H]2CC[C@@H](C1)N2C(=O)c1ccc(C(F)(F)F)cc1. The van der Waals surface area contributed by atoms with Gasteiger partial charge in [-0.3, -0.25) is 9.59 Å². The van der Waals surface area contributed by atoms with Gasteiger partial charge in [-0.2, -0.15) is 18.4 Å². The van der Waals surface area contributed by atoms with E-state index in [0.717, 1.165) is 37.8 Å². The zero-order valence-electron chi connectivity index (χ0n) is 18.4. The molecular weight excluding hydrogens is 451 g/mol. The Balaban J connectivity index is 1.26. The van der Waals surface area contributed by atoms with Gasteiger partial charge in [0.05, 0.1) is 17.6 Å². The maximum atomic E-state index is 13.3. The zero-order valence-corrected chi connectivity index (χ0v) is 18.4. The summed E-state index contributed by atoms with van der Waals surface area (Å²) in [4.78, 5) is 29.9. The quantitative estimate of drug-likeness (QED) is 0.697. The molecule has 1 aromatic heterocycles. The standard InChI is InChI=1S/C22H26F3N7O2/c23-22(24,25)14-5-3-12(4-6-14)20(33)32-15-7-8-16(32)11-13(10-15)18(26)21(34)31-9-1-2-17(31)19-27-29-30-28-19/h3-6,13,15-18H,1-2,7-11,26H2,(H,27,28,29,30)/t15-,16-,17-,18-/m0/s1. The molecule has 5 rings (SSSR count). The smallest absolute Gasteiger partial charge is 0.333 e. The number of likely N-dealkylation sites (tertiary alicyclic amines) is 1. The van der Waals surface area contributed by atoms with Crippen LogP contribution >= 0.6 is 0 Å². The molecule has 0 unspecified atom stereocenters. The molecule has 12 heteroatoms. The second-order valence-corrected chi connectivity index (χ2v) is 9.39. The van der Waals surface area contributed by atoms with Gasteiger partial charge in [-0.15, -0.1) is 10.2 Å². The fraction of sp³-hybridized carbons (Fsp3) is 0.591. The van der Waals surface area contributed by atoms with Gasteiger partial charge in [-0.1, -0.05) is 5.21 Å². The van der Waals surface area contributed by atoms with E-state index in [0.29, 0.717) is 25.2 Å². The molecule has 182 valence electrons. The number of amides is 2. The number of nitrogens with two attached hydrogens (primary N) is 1. The van der Waals surface area contributed by atoms with Crippen LogP contribution in [0, 0.1) is 5.92 Å². The van der Waals surface area contributed by atoms with Crippen molar-refractivity contribution in [1.82, 2.24) is 30.4 Å². The number of alkyl halides is 3. The van der Waals surface area contributed by atoms with Crippen LogP contribution in [0.15, 0.2) is 24.3 Å². The molecule has 1 aromatic carbocycles. The second kappa shape index (κ2) is 8.64. The van der Waals surface area contributed by atoms with Gasteiger partial charge in [0.15, 0.2) is 5.82 Å². The summed E-state index contributed by atoms with van der Waals surface area (Å²) in [5.41, 5.74) is 5.92. The molecule has 0 aliphatic carbocycles. The topological polar surface area (TPSA) is 121 Å². The Kier molecular flexibility index (Phi) is 5.78. The number of piperidine rings is 1. The van der Waals surface area contributed by atoms with Crippen LogP contribution in [0.3, 0.4) is 0 Å². The van der Waals surface area contributed by atoms with E-state index in [1.54, 1.807) is 9.80 Å². The molecule has 2 amide bonds. The van der Waals surface area contributed by atoms with Crippen molar-refractivity contribution in [3.05, 3.63) is 41.2 Å². The summed E-state index contributed by atoms with van der Waals surface area (Å²) in [5, 5.41) is 14.1. The number of hydrogen-bond donors (Lipinski definition) is 2. The third-order valence-corrected chi connectivity index (χ3v) is 7.45. The van der Waals surface area contributed by atoms with Crippen LogP contribution < -0.4 is 5.73 Å². The summed E-state index contributed by atoms with van der Waals surface area (Å²) in [5.74, 6) is -0.00116. The molecule has 3 saturated heterocycles. The third kappa shape index (κ3) is 4.04. The van der Waals surface area contributed by atoms with Gasteiger partial charge >= 0.3 is 6.18 Å². The van der Waals surface area contributed by atoms with Crippen LogP contribution in [-0.2, 0) is 11.0 Å². The van der Waals surface area contributed by atoms with Crippen LogP contribution in [-0.4, -0.2) is 66.9 Å². The summed E-state index contributed by atoms with van der Waals surface area (Å²) in [7, 11) is 0. The van der Waals surface area contributed by atoms with E-state index in [-0.39, 0.29) is 41.4 Å². The van der Waals surface area contributed by atoms with Crippen LogP contribution in [0.1, 0.15) is 66.3 Å². The average Bonchev–Trinajstić information content (AvgIpc) is 3.56. The highest BCUT2D eigenvalue weighted by atomic mass is 19.4. The molecule has 3 fully saturated rings. The molecule has 3 aliphatic rings. The number of aromatic amines is 1. The number of tetrazole rings is 1. The lowest BCUT2D eigenvalue weighted by atomic mass is 9.84. The minimum atomic E-state index is -4.44. The summed E-state index contributed by atoms with van der Waals surface area (Å²) in [6, 6.07) is 3.25. The molecule has 0 saturated carbocycles. The van der Waals surface area contributed by atoms with E-state index < -0.39 is 17.8 Å². The molecule has 2 bridgehead atoms. The first kappa shape index (κ1) is 22.8. The number of carbonyl (C=O) groups is 2. The van der Waals surface area contributed by atoms with Crippen LogP contribution in [0.4, 0.5) is 13.2 Å². The fourth-order valence-electron chi connectivity index (χ4n) is 5.80. The first-order valence-electron chi connectivity index (χ1n) is 11.5. The second-order valence-electron chi connectivity index (χ2n) is 9.39. The Morgan fingerprint density at radius 3 is 2.35 bits per heavy atom. The van der Waals surface area contributed by atoms with E-state index in [4.69, 9.17) is 5.73 Å². The lowest BCUT2D eigenvalue weighted by Crippen LogP contribution is -2.54. The van der Waals surface area contributed by atoms with Gasteiger partial charge in [-0.25, -0.2) is 0 Å². The Labute approximate surface area is 193 Å². The highest BCUT2D eigenvalue weighted by molar-refractivity contribution is 5.95. The van der Waals surface area contributed by atoms with Gasteiger partial charge in [0.1, 0.15) is 0 Å². The largest absolute Gasteiger partial charge is 0.416 e. The highest BCUT2D eigenvalue weighted by Gasteiger charge is 2.47. The van der Waals surface area contributed by atoms with Crippen LogP contribution in [0.25, 0.3) is 0 Å². The molecule has 3 N–H and O–H groups in total. The number of benzene rings is 1. The minimum Gasteiger partial charge on any atom is -0.333 e. The van der Waals surface area contributed by atoms with Crippen molar-refractivity contribution >= 4 is 11.8 Å². The molecule has 2 aromatic rings. The minimum absolute atomic E-state index is 0.0758. The number of hydrogen-bond acceptors (Lipinski definition) is 6. The first-order chi connectivity index (χ1) is 16.2. The maximum Gasteiger partial charge on any atom is 0.416 e. The fourth-order valence-corrected chi connectivity index (χ4v) is 5.80. The number of halogens is 3. The summed E-state index contributed by atoms with van der Waals surface area (Å²) in [6.45, 7) is 0.587. The van der Waals surface area contributed by atoms with E-state index in [2.05, 4.69) is 20.6 Å². The van der Waals surface area contributed by atoms with Crippen LogP contribution in [0.5, 0.6) is 0 Å². The molecule has 4 heterocycles. The van der Waals surface area contributed by atoms with Gasteiger partial charge in [0.25, 0.3) is 5.91 Å². The average molecular weight is 477 g/mol. The summed E-state index contributed by atoms with van der Waals surface area (Å²) >= 11 is 0. The van der Waals surface area contributed by atoms with Gasteiger partial charge in [0, 0.05) is 24.2 Å². The normalized spacial score (nSPS) is 27.8. The number of rotatable bonds is 4. The third-order valence-electron chi connectivity index (χ3n) is 7.45. The van der Waals surface area contributed by atoms with Gasteiger partial charge in [-0.05, 0) is 68.7 Å². The van der Waals surface area contributed by atoms with Crippen molar-refractivity contribution in [2.75, 3.05) is 6.54 Å². The van der Waals surface area contributed by atoms with Crippen molar-refractivity contribution in [3.8, 4) is 0 Å². The van der Waals surface area contributed by atoms with Crippen molar-refractivity contribution in [1.29, 1.82) is 0 Å². The molecule has 34 heavy (non-hydrogen) atoms. The molecular formula is C22H26F3N7O2. The molecule has 3 aliphatic heterocycles. The van der Waals surface area contributed by atoms with Crippen molar-refractivity contribution in [3.63, 3.8) is 0 Å². The highest BCUT2D eigenvalue weighted by Crippen LogP contribution is 2.41. The van der Waals surface area contributed by atoms with Crippen molar-refractivity contribution < 1.29 is 22.8 Å². The molecule has 9 nitrogen and oxygen atoms in total. The number of H-pyrrole nitrogens is 1. The number of carbonyl (C=O) groups excluding carboxylic acids is 2. The van der Waals surface area contributed by atoms with E-state index >= 15 is 0 Å². The Morgan fingerprint density at radius 1 is 1.09 bits per heavy atom. The van der Waals surface area contributed by atoms with Crippen molar-refractivity contribution in [2.24, 2.45) is 11.7 Å². The predicted octanol–water partition coefficient (Wildman–Crippen LogP) is 2.29. The summed E-state index contributed by atoms with van der Waals surface area (Å²) in [6.07, 6.45) is -0.0771. The molecule has 0 radical (unpaired) electrons.